The molecule has 10 heteroatoms. The molecule has 0 aliphatic heterocycles. The van der Waals surface area contributed by atoms with E-state index in [2.05, 4.69) is 15.3 Å². The fourth-order valence-electron chi connectivity index (χ4n) is 3.25. The number of nitrogens with zero attached hydrogens (tertiary/aromatic N) is 3. The van der Waals surface area contributed by atoms with Gasteiger partial charge < -0.3 is 10.2 Å². The van der Waals surface area contributed by atoms with Crippen molar-refractivity contribution in [3.63, 3.8) is 0 Å². The fraction of sp³-hybridized carbons (Fsp3) is 0.364. The van der Waals surface area contributed by atoms with E-state index >= 15 is 0 Å². The molecule has 0 fully saturated rings. The number of aryl methyl sites for hydroxylation is 1. The molecule has 3 rings (SSSR count). The first kappa shape index (κ1) is 23.8. The summed E-state index contributed by atoms with van der Waals surface area (Å²) in [6, 6.07) is 6.69. The van der Waals surface area contributed by atoms with Gasteiger partial charge >= 0.3 is 12.4 Å². The molecule has 0 saturated heterocycles. The summed E-state index contributed by atoms with van der Waals surface area (Å²) in [6.07, 6.45) is -9.13. The van der Waals surface area contributed by atoms with Gasteiger partial charge in [-0.3, -0.25) is 0 Å². The Hall–Kier alpha value is -2.88. The second-order valence-corrected chi connectivity index (χ2v) is 7.75. The van der Waals surface area contributed by atoms with Crippen LogP contribution in [0.1, 0.15) is 23.1 Å². The Labute approximate surface area is 181 Å². The van der Waals surface area contributed by atoms with Crippen LogP contribution in [0.4, 0.5) is 32.2 Å². The Kier molecular flexibility index (Phi) is 6.64. The maximum absolute atomic E-state index is 13.3. The SMILES string of the molecule is Cc1cccc2c(NCCCN(C)C)nc(-c3cc(C(F)(F)F)cc(C(F)(F)F)c3)nc12. The van der Waals surface area contributed by atoms with Gasteiger partial charge in [0.15, 0.2) is 5.82 Å². The number of hydrogen-bond acceptors (Lipinski definition) is 4. The lowest BCUT2D eigenvalue weighted by molar-refractivity contribution is -0.143. The number of benzene rings is 2. The predicted octanol–water partition coefficient (Wildman–Crippen LogP) is 6.01. The van der Waals surface area contributed by atoms with Gasteiger partial charge in [0.2, 0.25) is 0 Å². The Bertz CT molecular complexity index is 1070. The molecule has 1 N–H and O–H groups in total. The molecular weight excluding hydrogens is 434 g/mol. The second-order valence-electron chi connectivity index (χ2n) is 7.75. The van der Waals surface area contributed by atoms with E-state index in [0.717, 1.165) is 18.5 Å². The first-order valence-electron chi connectivity index (χ1n) is 9.82. The molecule has 3 aromatic rings. The molecule has 0 saturated carbocycles. The van der Waals surface area contributed by atoms with E-state index in [-0.39, 0.29) is 17.5 Å². The molecule has 4 nitrogen and oxygen atoms in total. The van der Waals surface area contributed by atoms with Crippen LogP contribution < -0.4 is 5.32 Å². The maximum Gasteiger partial charge on any atom is 0.416 e. The minimum atomic E-state index is -4.95. The number of para-hydroxylation sites is 1. The third-order valence-corrected chi connectivity index (χ3v) is 4.85. The molecule has 0 spiro atoms. The summed E-state index contributed by atoms with van der Waals surface area (Å²) in [6.45, 7) is 3.08. The van der Waals surface area contributed by atoms with Crippen molar-refractivity contribution in [2.75, 3.05) is 32.5 Å². The topological polar surface area (TPSA) is 41.0 Å². The van der Waals surface area contributed by atoms with Crippen molar-refractivity contribution in [3.8, 4) is 11.4 Å². The largest absolute Gasteiger partial charge is 0.416 e. The highest BCUT2D eigenvalue weighted by atomic mass is 19.4. The van der Waals surface area contributed by atoms with Crippen LogP contribution in [-0.2, 0) is 12.4 Å². The molecule has 0 bridgehead atoms. The van der Waals surface area contributed by atoms with Crippen molar-refractivity contribution >= 4 is 16.7 Å². The van der Waals surface area contributed by atoms with Gasteiger partial charge in [-0.2, -0.15) is 26.3 Å². The molecule has 0 unspecified atom stereocenters. The average Bonchev–Trinajstić information content (AvgIpc) is 2.69. The normalized spacial score (nSPS) is 12.6. The minimum absolute atomic E-state index is 0.0935. The first-order valence-corrected chi connectivity index (χ1v) is 9.82. The lowest BCUT2D eigenvalue weighted by Crippen LogP contribution is -2.17. The van der Waals surface area contributed by atoms with Crippen LogP contribution in [-0.4, -0.2) is 42.1 Å². The van der Waals surface area contributed by atoms with Gasteiger partial charge in [0.1, 0.15) is 5.82 Å². The number of halogens is 6. The van der Waals surface area contributed by atoms with Crippen molar-refractivity contribution in [1.29, 1.82) is 0 Å². The molecular formula is C22H22F6N4. The average molecular weight is 456 g/mol. The summed E-state index contributed by atoms with van der Waals surface area (Å²) < 4.78 is 79.8. The zero-order valence-electron chi connectivity index (χ0n) is 17.7. The number of fused-ring (bicyclic) bond motifs is 1. The van der Waals surface area contributed by atoms with Crippen molar-refractivity contribution in [2.24, 2.45) is 0 Å². The highest BCUT2D eigenvalue weighted by Crippen LogP contribution is 2.38. The van der Waals surface area contributed by atoms with E-state index in [1.807, 2.05) is 19.0 Å². The summed E-state index contributed by atoms with van der Waals surface area (Å²) in [5.74, 6) is 0.150. The van der Waals surface area contributed by atoms with Gasteiger partial charge in [0.25, 0.3) is 0 Å². The number of nitrogens with one attached hydrogen (secondary N) is 1. The van der Waals surface area contributed by atoms with Crippen LogP contribution in [0.2, 0.25) is 0 Å². The van der Waals surface area contributed by atoms with E-state index in [4.69, 9.17) is 0 Å². The summed E-state index contributed by atoms with van der Waals surface area (Å²) in [7, 11) is 3.85. The molecule has 0 atom stereocenters. The Morgan fingerprint density at radius 1 is 0.906 bits per heavy atom. The summed E-state index contributed by atoms with van der Waals surface area (Å²) in [4.78, 5) is 10.6. The van der Waals surface area contributed by atoms with E-state index in [9.17, 15) is 26.3 Å². The predicted molar refractivity (Wildman–Crippen MR) is 111 cm³/mol. The lowest BCUT2D eigenvalue weighted by atomic mass is 10.0. The van der Waals surface area contributed by atoms with Crippen LogP contribution >= 0.6 is 0 Å². The molecule has 1 aromatic heterocycles. The zero-order valence-corrected chi connectivity index (χ0v) is 17.7. The Morgan fingerprint density at radius 2 is 1.53 bits per heavy atom. The quantitative estimate of drug-likeness (QED) is 0.365. The van der Waals surface area contributed by atoms with Gasteiger partial charge in [0, 0.05) is 17.5 Å². The highest BCUT2D eigenvalue weighted by molar-refractivity contribution is 5.92. The van der Waals surface area contributed by atoms with Gasteiger partial charge in [-0.25, -0.2) is 9.97 Å². The molecule has 32 heavy (non-hydrogen) atoms. The number of rotatable bonds is 6. The molecule has 0 amide bonds. The molecule has 0 radical (unpaired) electrons. The number of hydrogen-bond donors (Lipinski definition) is 1. The van der Waals surface area contributed by atoms with Gasteiger partial charge in [0.05, 0.1) is 16.6 Å². The number of anilines is 1. The van der Waals surface area contributed by atoms with Crippen LogP contribution in [0.3, 0.4) is 0 Å². The monoisotopic (exact) mass is 456 g/mol. The van der Waals surface area contributed by atoms with Crippen LogP contribution in [0.25, 0.3) is 22.3 Å². The van der Waals surface area contributed by atoms with Crippen LogP contribution in [0, 0.1) is 6.92 Å². The fourth-order valence-corrected chi connectivity index (χ4v) is 3.25. The van der Waals surface area contributed by atoms with E-state index in [1.54, 1.807) is 25.1 Å². The smallest absolute Gasteiger partial charge is 0.369 e. The molecule has 2 aromatic carbocycles. The minimum Gasteiger partial charge on any atom is -0.369 e. The van der Waals surface area contributed by atoms with E-state index < -0.39 is 23.5 Å². The van der Waals surface area contributed by atoms with Gasteiger partial charge in [-0.1, -0.05) is 12.1 Å². The Balaban J connectivity index is 2.15. The standard InChI is InChI=1S/C22H22F6N4/c1-13-6-4-7-17-18(13)30-19(31-20(17)29-8-5-9-32(2)3)14-10-15(21(23,24)25)12-16(11-14)22(26,27)28/h4,6-7,10-12H,5,8-9H2,1-3H3,(H,29,30,31). The lowest BCUT2D eigenvalue weighted by Gasteiger charge is -2.16. The second kappa shape index (κ2) is 8.93. The van der Waals surface area contributed by atoms with E-state index in [1.165, 1.54) is 0 Å². The Morgan fingerprint density at radius 3 is 2.09 bits per heavy atom. The third kappa shape index (κ3) is 5.48. The molecule has 0 aliphatic rings. The molecule has 1 heterocycles. The van der Waals surface area contributed by atoms with Gasteiger partial charge in [-0.05, 0) is 63.8 Å². The summed E-state index contributed by atoms with van der Waals surface area (Å²) in [5.41, 5.74) is -1.98. The summed E-state index contributed by atoms with van der Waals surface area (Å²) in [5, 5.41) is 3.79. The van der Waals surface area contributed by atoms with Crippen molar-refractivity contribution in [2.45, 2.75) is 25.7 Å². The highest BCUT2D eigenvalue weighted by Gasteiger charge is 2.37. The molecule has 0 aliphatic carbocycles. The van der Waals surface area contributed by atoms with Crippen LogP contribution in [0.15, 0.2) is 36.4 Å². The van der Waals surface area contributed by atoms with Crippen LogP contribution in [0.5, 0.6) is 0 Å². The maximum atomic E-state index is 13.3. The van der Waals surface area contributed by atoms with E-state index in [0.29, 0.717) is 35.4 Å². The number of alkyl halides is 6. The van der Waals surface area contributed by atoms with Crippen molar-refractivity contribution in [1.82, 2.24) is 14.9 Å². The summed E-state index contributed by atoms with van der Waals surface area (Å²) >= 11 is 0. The number of aromatic nitrogens is 2. The third-order valence-electron chi connectivity index (χ3n) is 4.85. The molecule has 172 valence electrons. The first-order chi connectivity index (χ1) is 14.9. The van der Waals surface area contributed by atoms with Crippen molar-refractivity contribution in [3.05, 3.63) is 53.1 Å². The van der Waals surface area contributed by atoms with Crippen molar-refractivity contribution < 1.29 is 26.3 Å². The van der Waals surface area contributed by atoms with Gasteiger partial charge in [-0.15, -0.1) is 0 Å². The zero-order chi connectivity index (χ0) is 23.7.